The van der Waals surface area contributed by atoms with Crippen LogP contribution in [0.3, 0.4) is 0 Å². The molecule has 3 nitrogen and oxygen atoms in total. The van der Waals surface area contributed by atoms with Gasteiger partial charge in [0.25, 0.3) is 0 Å². The Morgan fingerprint density at radius 3 is 3.00 bits per heavy atom. The number of rotatable bonds is 0. The predicted molar refractivity (Wildman–Crippen MR) is 57.7 cm³/mol. The molecule has 0 saturated heterocycles. The average Bonchev–Trinajstić information content (AvgIpc) is 2.06. The largest absolute Gasteiger partial charge is 0.408 e. The number of hydrogen-bond acceptors (Lipinski definition) is 3. The molecule has 0 saturated carbocycles. The van der Waals surface area contributed by atoms with Gasteiger partial charge in [-0.1, -0.05) is 0 Å². The topological polar surface area (TPSA) is 43.1 Å². The second-order valence-corrected chi connectivity index (χ2v) is 3.93. The van der Waals surface area contributed by atoms with Gasteiger partial charge in [-0.05, 0) is 40.8 Å². The zero-order valence-corrected chi connectivity index (χ0v) is 9.03. The Hall–Kier alpha value is -0.910. The van der Waals surface area contributed by atoms with Crippen LogP contribution in [0.2, 0.25) is 0 Å². The highest BCUT2D eigenvalue weighted by molar-refractivity contribution is 14.1. The second-order valence-electron chi connectivity index (χ2n) is 2.68. The number of benzene rings is 1. The van der Waals surface area contributed by atoms with E-state index < -0.39 is 0 Å². The van der Waals surface area contributed by atoms with Crippen molar-refractivity contribution in [1.29, 1.82) is 0 Å². The summed E-state index contributed by atoms with van der Waals surface area (Å²) in [5.41, 5.74) is 0.371. The molecule has 0 atom stereocenters. The van der Waals surface area contributed by atoms with E-state index in [0.717, 1.165) is 3.57 Å². The minimum Gasteiger partial charge on any atom is -0.408 e. The number of fused-ring (bicyclic) bond motifs is 1. The standard InChI is InChI=1S/C9H6INO2/c1-5-11-8-3-2-6(10)4-7(8)9(12)13-5/h2-4H,1H3. The Morgan fingerprint density at radius 1 is 1.46 bits per heavy atom. The van der Waals surface area contributed by atoms with Crippen molar-refractivity contribution < 1.29 is 4.42 Å². The van der Waals surface area contributed by atoms with Crippen LogP contribution in [-0.2, 0) is 0 Å². The van der Waals surface area contributed by atoms with Gasteiger partial charge in [-0.3, -0.25) is 0 Å². The van der Waals surface area contributed by atoms with Crippen molar-refractivity contribution in [1.82, 2.24) is 4.98 Å². The molecule has 66 valence electrons. The maximum Gasteiger partial charge on any atom is 0.346 e. The maximum absolute atomic E-state index is 11.3. The molecule has 2 rings (SSSR count). The summed E-state index contributed by atoms with van der Waals surface area (Å²) >= 11 is 2.14. The van der Waals surface area contributed by atoms with Gasteiger partial charge in [0.2, 0.25) is 0 Å². The van der Waals surface area contributed by atoms with E-state index in [1.54, 1.807) is 13.0 Å². The van der Waals surface area contributed by atoms with Gasteiger partial charge in [-0.2, -0.15) is 0 Å². The minimum absolute atomic E-state index is 0.319. The third-order valence-electron chi connectivity index (χ3n) is 1.70. The molecule has 0 spiro atoms. The molecule has 1 aromatic heterocycles. The van der Waals surface area contributed by atoms with Crippen LogP contribution in [0.15, 0.2) is 27.4 Å². The lowest BCUT2D eigenvalue weighted by Crippen LogP contribution is -2.02. The lowest BCUT2D eigenvalue weighted by atomic mass is 10.2. The van der Waals surface area contributed by atoms with Crippen LogP contribution < -0.4 is 5.63 Å². The van der Waals surface area contributed by atoms with Gasteiger partial charge in [0, 0.05) is 10.5 Å². The van der Waals surface area contributed by atoms with E-state index in [2.05, 4.69) is 27.6 Å². The van der Waals surface area contributed by atoms with Crippen LogP contribution in [-0.4, -0.2) is 4.98 Å². The summed E-state index contributed by atoms with van der Waals surface area (Å²) < 4.78 is 5.88. The monoisotopic (exact) mass is 287 g/mol. The van der Waals surface area contributed by atoms with Gasteiger partial charge < -0.3 is 4.42 Å². The molecule has 0 radical (unpaired) electrons. The first-order valence-corrected chi connectivity index (χ1v) is 4.82. The van der Waals surface area contributed by atoms with E-state index >= 15 is 0 Å². The fourth-order valence-electron chi connectivity index (χ4n) is 1.15. The first-order valence-electron chi connectivity index (χ1n) is 3.74. The molecule has 1 aromatic carbocycles. The van der Waals surface area contributed by atoms with Crippen molar-refractivity contribution in [2.75, 3.05) is 0 Å². The normalized spacial score (nSPS) is 10.6. The quantitative estimate of drug-likeness (QED) is 0.697. The average molecular weight is 287 g/mol. The third kappa shape index (κ3) is 1.58. The summed E-state index contributed by atoms with van der Waals surface area (Å²) in [4.78, 5) is 15.4. The molecule has 0 fully saturated rings. The van der Waals surface area contributed by atoms with Gasteiger partial charge >= 0.3 is 5.63 Å². The number of nitrogens with zero attached hydrogens (tertiary/aromatic N) is 1. The zero-order chi connectivity index (χ0) is 9.42. The Morgan fingerprint density at radius 2 is 2.23 bits per heavy atom. The Kier molecular flexibility index (Phi) is 2.07. The number of aromatic nitrogens is 1. The van der Waals surface area contributed by atoms with Gasteiger partial charge in [-0.15, -0.1) is 0 Å². The minimum atomic E-state index is -0.319. The highest BCUT2D eigenvalue weighted by Crippen LogP contribution is 2.12. The zero-order valence-electron chi connectivity index (χ0n) is 6.87. The molecule has 0 aliphatic heterocycles. The Labute approximate surface area is 87.9 Å². The lowest BCUT2D eigenvalue weighted by molar-refractivity contribution is 0.467. The molecule has 0 aliphatic carbocycles. The fourth-order valence-corrected chi connectivity index (χ4v) is 1.64. The smallest absolute Gasteiger partial charge is 0.346 e. The van der Waals surface area contributed by atoms with E-state index in [4.69, 9.17) is 4.42 Å². The van der Waals surface area contributed by atoms with Crippen LogP contribution in [0.4, 0.5) is 0 Å². The fraction of sp³-hybridized carbons (Fsp3) is 0.111. The molecule has 0 unspecified atom stereocenters. The molecule has 0 N–H and O–H groups in total. The van der Waals surface area contributed by atoms with Crippen molar-refractivity contribution in [3.05, 3.63) is 38.1 Å². The van der Waals surface area contributed by atoms with Crippen LogP contribution in [0, 0.1) is 10.5 Å². The third-order valence-corrected chi connectivity index (χ3v) is 2.37. The molecular weight excluding hydrogens is 281 g/mol. The summed E-state index contributed by atoms with van der Waals surface area (Å²) in [6.07, 6.45) is 0. The summed E-state index contributed by atoms with van der Waals surface area (Å²) in [5.74, 6) is 0.402. The molecule has 4 heteroatoms. The molecular formula is C9H6INO2. The van der Waals surface area contributed by atoms with Crippen molar-refractivity contribution in [3.63, 3.8) is 0 Å². The molecule has 0 bridgehead atoms. The van der Waals surface area contributed by atoms with E-state index in [9.17, 15) is 4.79 Å². The summed E-state index contributed by atoms with van der Waals surface area (Å²) in [5, 5.41) is 0.539. The highest BCUT2D eigenvalue weighted by Gasteiger charge is 2.02. The molecule has 1 heterocycles. The first-order chi connectivity index (χ1) is 6.16. The second kappa shape index (κ2) is 3.10. The Balaban J connectivity index is 2.95. The molecule has 2 aromatic rings. The van der Waals surface area contributed by atoms with Crippen molar-refractivity contribution in [3.8, 4) is 0 Å². The van der Waals surface area contributed by atoms with Crippen molar-refractivity contribution in [2.45, 2.75) is 6.92 Å². The number of hydrogen-bond donors (Lipinski definition) is 0. The van der Waals surface area contributed by atoms with Crippen molar-refractivity contribution in [2.24, 2.45) is 0 Å². The molecule has 0 amide bonds. The lowest BCUT2D eigenvalue weighted by Gasteiger charge is -1.96. The summed E-state index contributed by atoms with van der Waals surface area (Å²) in [7, 11) is 0. The summed E-state index contributed by atoms with van der Waals surface area (Å²) in [6, 6.07) is 5.50. The SMILES string of the molecule is Cc1nc2ccc(I)cc2c(=O)o1. The van der Waals surface area contributed by atoms with Gasteiger partial charge in [0.1, 0.15) is 0 Å². The van der Waals surface area contributed by atoms with E-state index in [-0.39, 0.29) is 5.63 Å². The van der Waals surface area contributed by atoms with Crippen LogP contribution in [0.5, 0.6) is 0 Å². The molecule has 0 aliphatic rings. The van der Waals surface area contributed by atoms with E-state index in [1.165, 1.54) is 0 Å². The van der Waals surface area contributed by atoms with Crippen LogP contribution in [0.25, 0.3) is 10.9 Å². The van der Waals surface area contributed by atoms with Crippen LogP contribution in [0.1, 0.15) is 5.89 Å². The van der Waals surface area contributed by atoms with E-state index in [0.29, 0.717) is 16.8 Å². The maximum atomic E-state index is 11.3. The van der Waals surface area contributed by atoms with Gasteiger partial charge in [-0.25, -0.2) is 9.78 Å². The van der Waals surface area contributed by atoms with Crippen molar-refractivity contribution >= 4 is 33.5 Å². The van der Waals surface area contributed by atoms with E-state index in [1.807, 2.05) is 12.1 Å². The van der Waals surface area contributed by atoms with Gasteiger partial charge in [0.15, 0.2) is 5.89 Å². The first kappa shape index (κ1) is 8.68. The van der Waals surface area contributed by atoms with Gasteiger partial charge in [0.05, 0.1) is 10.9 Å². The summed E-state index contributed by atoms with van der Waals surface area (Å²) in [6.45, 7) is 1.67. The molecule has 13 heavy (non-hydrogen) atoms. The highest BCUT2D eigenvalue weighted by atomic mass is 127. The van der Waals surface area contributed by atoms with Crippen LogP contribution >= 0.6 is 22.6 Å². The predicted octanol–water partition coefficient (Wildman–Crippen LogP) is 2.10. The Bertz CT molecular complexity index is 518. The number of halogens is 1. The number of aryl methyl sites for hydroxylation is 1.